The van der Waals surface area contributed by atoms with Crippen molar-refractivity contribution in [1.29, 1.82) is 0 Å². The molecule has 3 N–H and O–H groups in total. The molecule has 18 heavy (non-hydrogen) atoms. The predicted octanol–water partition coefficient (Wildman–Crippen LogP) is 1.45. The van der Waals surface area contributed by atoms with Gasteiger partial charge in [0.1, 0.15) is 0 Å². The Morgan fingerprint density at radius 2 is 2.06 bits per heavy atom. The second-order valence-corrected chi connectivity index (χ2v) is 7.08. The third-order valence-electron chi connectivity index (χ3n) is 5.32. The van der Waals surface area contributed by atoms with E-state index in [4.69, 9.17) is 15.3 Å². The normalized spacial score (nSPS) is 44.2. The molecule has 2 aliphatic heterocycles. The summed E-state index contributed by atoms with van der Waals surface area (Å²) in [6.07, 6.45) is 4.58. The largest absolute Gasteiger partial charge is 0.378 e. The first-order chi connectivity index (χ1) is 8.56. The number of hydrogen-bond acceptors (Lipinski definition) is 4. The molecule has 0 aromatic heterocycles. The van der Waals surface area contributed by atoms with Gasteiger partial charge in [-0.2, -0.15) is 0 Å². The lowest BCUT2D eigenvalue weighted by Gasteiger charge is -2.40. The third-order valence-corrected chi connectivity index (χ3v) is 5.32. The lowest BCUT2D eigenvalue weighted by atomic mass is 9.79. The molecule has 3 aliphatic rings. The van der Waals surface area contributed by atoms with Gasteiger partial charge in [-0.15, -0.1) is 0 Å². The first kappa shape index (κ1) is 12.9. The summed E-state index contributed by atoms with van der Waals surface area (Å²) in [5.41, 5.74) is 3.56. The Morgan fingerprint density at radius 3 is 2.61 bits per heavy atom. The van der Waals surface area contributed by atoms with Crippen molar-refractivity contribution < 1.29 is 9.47 Å². The Bertz CT molecular complexity index is 313. The molecule has 0 aromatic carbocycles. The van der Waals surface area contributed by atoms with Crippen LogP contribution in [-0.4, -0.2) is 31.5 Å². The second kappa shape index (κ2) is 4.44. The van der Waals surface area contributed by atoms with Gasteiger partial charge in [0.15, 0.2) is 0 Å². The average molecular weight is 254 g/mol. The quantitative estimate of drug-likeness (QED) is 0.591. The molecule has 4 atom stereocenters. The summed E-state index contributed by atoms with van der Waals surface area (Å²) in [5, 5.41) is 0. The predicted molar refractivity (Wildman–Crippen MR) is 69.8 cm³/mol. The molecule has 1 spiro atoms. The van der Waals surface area contributed by atoms with Crippen molar-refractivity contribution in [3.63, 3.8) is 0 Å². The van der Waals surface area contributed by atoms with E-state index in [0.717, 1.165) is 45.0 Å². The Labute approximate surface area is 110 Å². The Hall–Kier alpha value is -0.160. The average Bonchev–Trinajstić information content (AvgIpc) is 2.74. The van der Waals surface area contributed by atoms with E-state index in [9.17, 15) is 0 Å². The van der Waals surface area contributed by atoms with Crippen LogP contribution in [0, 0.1) is 17.3 Å². The van der Waals surface area contributed by atoms with Crippen molar-refractivity contribution in [1.82, 2.24) is 5.43 Å². The van der Waals surface area contributed by atoms with Crippen molar-refractivity contribution in [2.24, 2.45) is 23.1 Å². The van der Waals surface area contributed by atoms with E-state index >= 15 is 0 Å². The van der Waals surface area contributed by atoms with Crippen molar-refractivity contribution >= 4 is 0 Å². The molecule has 3 fully saturated rings. The SMILES string of the molecule is CC1(C)CC1C(NN)C1CCOC2(CCOC2)C1. The summed E-state index contributed by atoms with van der Waals surface area (Å²) in [4.78, 5) is 0. The van der Waals surface area contributed by atoms with Gasteiger partial charge < -0.3 is 9.47 Å². The first-order valence-corrected chi connectivity index (χ1v) is 7.24. The standard InChI is InChI=1S/C14H26N2O2/c1-13(2)8-11(13)12(16-15)10-3-5-18-14(7-10)4-6-17-9-14/h10-12,16H,3-9,15H2,1-2H3. The first-order valence-electron chi connectivity index (χ1n) is 7.24. The number of hydrazine groups is 1. The van der Waals surface area contributed by atoms with Gasteiger partial charge in [0.25, 0.3) is 0 Å². The molecule has 1 aliphatic carbocycles. The van der Waals surface area contributed by atoms with Gasteiger partial charge in [-0.25, -0.2) is 0 Å². The fourth-order valence-corrected chi connectivity index (χ4v) is 3.94. The number of nitrogens with two attached hydrogens (primary N) is 1. The molecule has 3 rings (SSSR count). The zero-order valence-electron chi connectivity index (χ0n) is 11.6. The maximum absolute atomic E-state index is 6.01. The zero-order valence-corrected chi connectivity index (χ0v) is 11.6. The van der Waals surface area contributed by atoms with Gasteiger partial charge >= 0.3 is 0 Å². The van der Waals surface area contributed by atoms with Gasteiger partial charge in [0.2, 0.25) is 0 Å². The van der Waals surface area contributed by atoms with E-state index in [-0.39, 0.29) is 5.60 Å². The van der Waals surface area contributed by atoms with Crippen molar-refractivity contribution in [2.45, 2.75) is 51.2 Å². The summed E-state index contributed by atoms with van der Waals surface area (Å²) in [6.45, 7) is 7.17. The topological polar surface area (TPSA) is 56.5 Å². The maximum atomic E-state index is 6.01. The molecular weight excluding hydrogens is 228 g/mol. The summed E-state index contributed by atoms with van der Waals surface area (Å²) < 4.78 is 11.5. The number of rotatable bonds is 3. The van der Waals surface area contributed by atoms with E-state index in [0.29, 0.717) is 17.4 Å². The van der Waals surface area contributed by atoms with Crippen LogP contribution in [0.15, 0.2) is 0 Å². The highest BCUT2D eigenvalue weighted by Gasteiger charge is 2.53. The molecule has 104 valence electrons. The molecule has 2 saturated heterocycles. The van der Waals surface area contributed by atoms with Crippen molar-refractivity contribution in [3.8, 4) is 0 Å². The van der Waals surface area contributed by atoms with Crippen LogP contribution in [0.25, 0.3) is 0 Å². The number of hydrogen-bond donors (Lipinski definition) is 2. The minimum absolute atomic E-state index is 0.00293. The van der Waals surface area contributed by atoms with Crippen LogP contribution in [0.2, 0.25) is 0 Å². The fraction of sp³-hybridized carbons (Fsp3) is 1.00. The molecule has 0 radical (unpaired) electrons. The summed E-state index contributed by atoms with van der Waals surface area (Å²) in [5.74, 6) is 7.19. The molecule has 4 nitrogen and oxygen atoms in total. The Kier molecular flexibility index (Phi) is 3.17. The molecular formula is C14H26N2O2. The molecule has 1 saturated carbocycles. The van der Waals surface area contributed by atoms with E-state index in [1.165, 1.54) is 6.42 Å². The summed E-state index contributed by atoms with van der Waals surface area (Å²) in [6, 6.07) is 0.446. The minimum Gasteiger partial charge on any atom is -0.378 e. The highest BCUT2D eigenvalue weighted by atomic mass is 16.6. The van der Waals surface area contributed by atoms with Gasteiger partial charge in [-0.1, -0.05) is 13.8 Å². The van der Waals surface area contributed by atoms with E-state index in [1.54, 1.807) is 0 Å². The van der Waals surface area contributed by atoms with Crippen LogP contribution in [0.3, 0.4) is 0 Å². The maximum Gasteiger partial charge on any atom is 0.0939 e. The lowest BCUT2D eigenvalue weighted by molar-refractivity contribution is -0.104. The van der Waals surface area contributed by atoms with Crippen LogP contribution < -0.4 is 11.3 Å². The summed E-state index contributed by atoms with van der Waals surface area (Å²) in [7, 11) is 0. The molecule has 0 amide bonds. The highest BCUT2D eigenvalue weighted by Crippen LogP contribution is 2.56. The van der Waals surface area contributed by atoms with Crippen LogP contribution >= 0.6 is 0 Å². The summed E-state index contributed by atoms with van der Waals surface area (Å²) >= 11 is 0. The van der Waals surface area contributed by atoms with Gasteiger partial charge in [0.05, 0.1) is 12.2 Å². The number of ether oxygens (including phenoxy) is 2. The Balaban J connectivity index is 1.67. The second-order valence-electron chi connectivity index (χ2n) is 7.08. The smallest absolute Gasteiger partial charge is 0.0939 e. The van der Waals surface area contributed by atoms with Crippen LogP contribution in [-0.2, 0) is 9.47 Å². The highest BCUT2D eigenvalue weighted by molar-refractivity contribution is 5.05. The van der Waals surface area contributed by atoms with E-state index in [1.807, 2.05) is 0 Å². The van der Waals surface area contributed by atoms with Gasteiger partial charge in [-0.3, -0.25) is 11.3 Å². The van der Waals surface area contributed by atoms with Crippen LogP contribution in [0.1, 0.15) is 39.5 Å². The molecule has 0 aromatic rings. The monoisotopic (exact) mass is 254 g/mol. The molecule has 4 unspecified atom stereocenters. The van der Waals surface area contributed by atoms with Crippen molar-refractivity contribution in [3.05, 3.63) is 0 Å². The molecule has 2 heterocycles. The van der Waals surface area contributed by atoms with Crippen LogP contribution in [0.4, 0.5) is 0 Å². The molecule has 4 heteroatoms. The Morgan fingerprint density at radius 1 is 1.28 bits per heavy atom. The van der Waals surface area contributed by atoms with Crippen LogP contribution in [0.5, 0.6) is 0 Å². The lowest BCUT2D eigenvalue weighted by Crippen LogP contribution is -2.50. The third kappa shape index (κ3) is 2.20. The van der Waals surface area contributed by atoms with Gasteiger partial charge in [-0.05, 0) is 36.5 Å². The molecule has 0 bridgehead atoms. The zero-order chi connectivity index (χ0) is 12.8. The van der Waals surface area contributed by atoms with Crippen molar-refractivity contribution in [2.75, 3.05) is 19.8 Å². The fourth-order valence-electron chi connectivity index (χ4n) is 3.94. The van der Waals surface area contributed by atoms with E-state index in [2.05, 4.69) is 19.3 Å². The van der Waals surface area contributed by atoms with E-state index < -0.39 is 0 Å². The van der Waals surface area contributed by atoms with Gasteiger partial charge in [0, 0.05) is 25.7 Å². The number of nitrogens with one attached hydrogen (secondary N) is 1. The minimum atomic E-state index is -0.00293.